The summed E-state index contributed by atoms with van der Waals surface area (Å²) in [5.74, 6) is -2.07. The molecule has 0 unspecified atom stereocenters. The predicted octanol–water partition coefficient (Wildman–Crippen LogP) is 0.0372. The van der Waals surface area contributed by atoms with Gasteiger partial charge in [0.25, 0.3) is 0 Å². The molecule has 1 aromatic carbocycles. The third-order valence-corrected chi connectivity index (χ3v) is 3.38. The number of rotatable bonds is 6. The zero-order valence-corrected chi connectivity index (χ0v) is 12.6. The molecule has 9 heteroatoms. The monoisotopic (exact) mass is 334 g/mol. The molecule has 1 saturated carbocycles. The molecule has 2 amide bonds. The van der Waals surface area contributed by atoms with Crippen molar-refractivity contribution >= 4 is 11.8 Å². The van der Waals surface area contributed by atoms with E-state index in [0.717, 1.165) is 17.5 Å². The number of aromatic nitrogens is 2. The van der Waals surface area contributed by atoms with Crippen molar-refractivity contribution in [2.24, 2.45) is 0 Å². The third kappa shape index (κ3) is 4.06. The molecule has 126 valence electrons. The van der Waals surface area contributed by atoms with Gasteiger partial charge in [-0.3, -0.25) is 9.59 Å². The van der Waals surface area contributed by atoms with Crippen molar-refractivity contribution < 1.29 is 18.4 Å². The molecule has 1 aromatic heterocycles. The highest BCUT2D eigenvalue weighted by molar-refractivity contribution is 5.84. The van der Waals surface area contributed by atoms with Gasteiger partial charge in [0.2, 0.25) is 17.7 Å². The van der Waals surface area contributed by atoms with E-state index in [1.165, 1.54) is 24.3 Å². The summed E-state index contributed by atoms with van der Waals surface area (Å²) < 4.78 is 18.7. The van der Waals surface area contributed by atoms with Crippen LogP contribution in [0.3, 0.4) is 0 Å². The summed E-state index contributed by atoms with van der Waals surface area (Å²) in [6, 6.07) is 5.45. The van der Waals surface area contributed by atoms with E-state index >= 15 is 0 Å². The molecule has 1 aliphatic rings. The predicted molar refractivity (Wildman–Crippen MR) is 80.3 cm³/mol. The second kappa shape index (κ2) is 6.65. The number of hydrogen-bond acceptors (Lipinski definition) is 5. The topological polar surface area (TPSA) is 106 Å². The normalized spacial score (nSPS) is 13.5. The van der Waals surface area contributed by atoms with Gasteiger partial charge < -0.3 is 15.1 Å². The van der Waals surface area contributed by atoms with Crippen molar-refractivity contribution in [3.05, 3.63) is 40.6 Å². The van der Waals surface area contributed by atoms with Gasteiger partial charge in [0.15, 0.2) is 0 Å². The molecule has 0 saturated heterocycles. The Morgan fingerprint density at radius 2 is 1.96 bits per heavy atom. The Kier molecular flexibility index (Phi) is 4.41. The van der Waals surface area contributed by atoms with E-state index in [1.807, 2.05) is 0 Å². The minimum atomic E-state index is -0.813. The standard InChI is InChI=1S/C15H15FN4O4/c16-10-3-1-9(2-4-10)14-19-20(15(23)24-14)8-13(22)17-7-12(21)18-11-5-6-11/h1-4,11H,5-8H2,(H,17,22)(H,18,21). The van der Waals surface area contributed by atoms with Gasteiger partial charge >= 0.3 is 5.76 Å². The maximum atomic E-state index is 12.9. The molecule has 0 radical (unpaired) electrons. The minimum absolute atomic E-state index is 0.0146. The Balaban J connectivity index is 1.58. The summed E-state index contributed by atoms with van der Waals surface area (Å²) in [5.41, 5.74) is 0.413. The van der Waals surface area contributed by atoms with Crippen molar-refractivity contribution in [2.75, 3.05) is 6.54 Å². The molecular weight excluding hydrogens is 319 g/mol. The van der Waals surface area contributed by atoms with Gasteiger partial charge in [-0.25, -0.2) is 9.18 Å². The Bertz CT molecular complexity index is 808. The van der Waals surface area contributed by atoms with E-state index in [1.54, 1.807) is 0 Å². The molecule has 2 N–H and O–H groups in total. The highest BCUT2D eigenvalue weighted by atomic mass is 19.1. The first-order valence-electron chi connectivity index (χ1n) is 7.41. The van der Waals surface area contributed by atoms with Gasteiger partial charge in [-0.15, -0.1) is 5.10 Å². The second-order valence-corrected chi connectivity index (χ2v) is 5.46. The van der Waals surface area contributed by atoms with E-state index in [4.69, 9.17) is 4.42 Å². The summed E-state index contributed by atoms with van der Waals surface area (Å²) in [5, 5.41) is 9.02. The lowest BCUT2D eigenvalue weighted by Gasteiger charge is -2.05. The average Bonchev–Trinajstić information content (AvgIpc) is 3.29. The molecular formula is C15H15FN4O4. The number of carbonyl (C=O) groups is 2. The van der Waals surface area contributed by atoms with Crippen LogP contribution in [0.1, 0.15) is 12.8 Å². The first kappa shape index (κ1) is 15.9. The van der Waals surface area contributed by atoms with Crippen LogP contribution < -0.4 is 16.4 Å². The van der Waals surface area contributed by atoms with Crippen LogP contribution in [0.2, 0.25) is 0 Å². The van der Waals surface area contributed by atoms with Gasteiger partial charge in [0, 0.05) is 11.6 Å². The summed E-state index contributed by atoms with van der Waals surface area (Å²) in [6.45, 7) is -0.535. The first-order chi connectivity index (χ1) is 11.5. The summed E-state index contributed by atoms with van der Waals surface area (Å²) in [7, 11) is 0. The molecule has 0 aliphatic heterocycles. The Hall–Kier alpha value is -2.97. The molecule has 3 rings (SSSR count). The zero-order chi connectivity index (χ0) is 17.1. The number of carbonyl (C=O) groups excluding carboxylic acids is 2. The van der Waals surface area contributed by atoms with Gasteiger partial charge in [-0.2, -0.15) is 4.68 Å². The Labute approximate surface area is 135 Å². The van der Waals surface area contributed by atoms with Crippen LogP contribution in [0.25, 0.3) is 11.5 Å². The second-order valence-electron chi connectivity index (χ2n) is 5.46. The van der Waals surface area contributed by atoms with Crippen LogP contribution >= 0.6 is 0 Å². The van der Waals surface area contributed by atoms with Crippen LogP contribution in [0.5, 0.6) is 0 Å². The molecule has 1 fully saturated rings. The number of nitrogens with one attached hydrogen (secondary N) is 2. The molecule has 0 spiro atoms. The molecule has 2 aromatic rings. The van der Waals surface area contributed by atoms with Crippen molar-refractivity contribution in [3.8, 4) is 11.5 Å². The quantitative estimate of drug-likeness (QED) is 0.776. The van der Waals surface area contributed by atoms with Crippen molar-refractivity contribution in [1.29, 1.82) is 0 Å². The third-order valence-electron chi connectivity index (χ3n) is 3.38. The SMILES string of the molecule is O=C(Cn1nc(-c2ccc(F)cc2)oc1=O)NCC(=O)NC1CC1. The maximum absolute atomic E-state index is 12.9. The smallest absolute Gasteiger partial charge is 0.388 e. The molecule has 8 nitrogen and oxygen atoms in total. The van der Waals surface area contributed by atoms with E-state index in [9.17, 15) is 18.8 Å². The maximum Gasteiger partial charge on any atom is 0.437 e. The van der Waals surface area contributed by atoms with Crippen LogP contribution in [-0.2, 0) is 16.1 Å². The van der Waals surface area contributed by atoms with Gasteiger partial charge in [0.1, 0.15) is 12.4 Å². The molecule has 1 aliphatic carbocycles. The fraction of sp³-hybridized carbons (Fsp3) is 0.333. The Morgan fingerprint density at radius 1 is 1.25 bits per heavy atom. The highest BCUT2D eigenvalue weighted by Gasteiger charge is 2.23. The minimum Gasteiger partial charge on any atom is -0.388 e. The number of hydrogen-bond donors (Lipinski definition) is 2. The largest absolute Gasteiger partial charge is 0.437 e. The van der Waals surface area contributed by atoms with Crippen LogP contribution in [0.4, 0.5) is 4.39 Å². The molecule has 0 atom stereocenters. The van der Waals surface area contributed by atoms with Gasteiger partial charge in [0.05, 0.1) is 6.54 Å². The number of amides is 2. The highest BCUT2D eigenvalue weighted by Crippen LogP contribution is 2.18. The zero-order valence-electron chi connectivity index (χ0n) is 12.6. The van der Waals surface area contributed by atoms with Crippen LogP contribution in [0.15, 0.2) is 33.5 Å². The first-order valence-corrected chi connectivity index (χ1v) is 7.41. The van der Waals surface area contributed by atoms with Crippen LogP contribution in [0, 0.1) is 5.82 Å². The lowest BCUT2D eigenvalue weighted by Crippen LogP contribution is -2.40. The lowest BCUT2D eigenvalue weighted by molar-refractivity contribution is -0.126. The van der Waals surface area contributed by atoms with E-state index in [0.29, 0.717) is 5.56 Å². The number of nitrogens with zero attached hydrogens (tertiary/aromatic N) is 2. The van der Waals surface area contributed by atoms with Crippen molar-refractivity contribution in [2.45, 2.75) is 25.4 Å². The fourth-order valence-electron chi connectivity index (χ4n) is 1.99. The van der Waals surface area contributed by atoms with Crippen LogP contribution in [-0.4, -0.2) is 34.2 Å². The van der Waals surface area contributed by atoms with Gasteiger partial charge in [-0.1, -0.05) is 0 Å². The number of halogens is 1. The van der Waals surface area contributed by atoms with E-state index in [-0.39, 0.29) is 30.9 Å². The fourth-order valence-corrected chi connectivity index (χ4v) is 1.99. The molecule has 24 heavy (non-hydrogen) atoms. The van der Waals surface area contributed by atoms with Gasteiger partial charge in [-0.05, 0) is 37.1 Å². The van der Waals surface area contributed by atoms with Crippen molar-refractivity contribution in [1.82, 2.24) is 20.4 Å². The van der Waals surface area contributed by atoms with E-state index < -0.39 is 17.5 Å². The molecule has 0 bridgehead atoms. The van der Waals surface area contributed by atoms with Crippen molar-refractivity contribution in [3.63, 3.8) is 0 Å². The Morgan fingerprint density at radius 3 is 2.62 bits per heavy atom. The lowest BCUT2D eigenvalue weighted by atomic mass is 10.2. The molecule has 1 heterocycles. The summed E-state index contributed by atoms with van der Waals surface area (Å²) in [6.07, 6.45) is 1.92. The van der Waals surface area contributed by atoms with E-state index in [2.05, 4.69) is 15.7 Å². The average molecular weight is 334 g/mol. The number of benzene rings is 1. The summed E-state index contributed by atoms with van der Waals surface area (Å²) >= 11 is 0. The summed E-state index contributed by atoms with van der Waals surface area (Å²) in [4.78, 5) is 35.0.